The van der Waals surface area contributed by atoms with Gasteiger partial charge in [-0.3, -0.25) is 14.8 Å². The third kappa shape index (κ3) is 3.25. The number of anilines is 2. The van der Waals surface area contributed by atoms with Crippen molar-refractivity contribution in [1.82, 2.24) is 10.2 Å². The first-order valence-electron chi connectivity index (χ1n) is 5.72. The maximum Gasteiger partial charge on any atom is 0.291 e. The molecule has 0 aliphatic heterocycles. The molecule has 21 heavy (non-hydrogen) atoms. The fourth-order valence-corrected chi connectivity index (χ4v) is 3.58. The molecule has 1 aromatic carbocycles. The van der Waals surface area contributed by atoms with Crippen molar-refractivity contribution in [3.63, 3.8) is 0 Å². The molecule has 0 radical (unpaired) electrons. The zero-order valence-electron chi connectivity index (χ0n) is 10.8. The smallest absolute Gasteiger partial charge is 0.291 e. The molecule has 0 saturated heterocycles. The number of nitro benzene ring substituents is 1. The summed E-state index contributed by atoms with van der Waals surface area (Å²) >= 11 is 1.06. The van der Waals surface area contributed by atoms with E-state index in [4.69, 9.17) is 5.73 Å². The van der Waals surface area contributed by atoms with Gasteiger partial charge in [0.15, 0.2) is 4.90 Å². The Labute approximate surface area is 124 Å². The summed E-state index contributed by atoms with van der Waals surface area (Å²) in [5, 5.41) is 19.1. The van der Waals surface area contributed by atoms with Gasteiger partial charge in [-0.05, 0) is 18.6 Å². The number of benzene rings is 1. The number of rotatable bonds is 5. The molecule has 0 aliphatic rings. The number of nitrogens with two attached hydrogens (primary N) is 1. The number of hydrogen-bond donors (Lipinski definition) is 2. The summed E-state index contributed by atoms with van der Waals surface area (Å²) in [6.45, 7) is 1.85. The third-order valence-electron chi connectivity index (χ3n) is 2.46. The Morgan fingerprint density at radius 3 is 2.71 bits per heavy atom. The number of nitro groups is 1. The van der Waals surface area contributed by atoms with Crippen molar-refractivity contribution in [3.05, 3.63) is 33.3 Å². The molecule has 0 atom stereocenters. The minimum Gasteiger partial charge on any atom is -0.399 e. The largest absolute Gasteiger partial charge is 0.399 e. The average molecular weight is 329 g/mol. The molecule has 0 fully saturated rings. The monoisotopic (exact) mass is 329 g/mol. The number of nitrogens with one attached hydrogen (secondary N) is 1. The lowest BCUT2D eigenvalue weighted by atomic mass is 10.3. The number of hydrogen-bond acceptors (Lipinski definition) is 8. The number of aromatic nitrogens is 2. The standard InChI is InChI=1S/C10H11N5O4S2/c1-2-9-12-13-10(20-9)14-21(18,19)8-4-3-6(11)5-7(8)15(16)17/h3-5H,2,11H2,1H3,(H,13,14). The van der Waals surface area contributed by atoms with Crippen LogP contribution in [-0.4, -0.2) is 23.5 Å². The van der Waals surface area contributed by atoms with Crippen molar-refractivity contribution in [2.45, 2.75) is 18.2 Å². The molecular formula is C10H11N5O4S2. The summed E-state index contributed by atoms with van der Waals surface area (Å²) in [6.07, 6.45) is 0.613. The van der Waals surface area contributed by atoms with E-state index in [9.17, 15) is 18.5 Å². The fourth-order valence-electron chi connectivity index (χ4n) is 1.51. The molecule has 0 unspecified atom stereocenters. The molecule has 0 spiro atoms. The highest BCUT2D eigenvalue weighted by atomic mass is 32.2. The van der Waals surface area contributed by atoms with E-state index in [2.05, 4.69) is 14.9 Å². The minimum atomic E-state index is -4.14. The zero-order valence-corrected chi connectivity index (χ0v) is 12.4. The first-order valence-corrected chi connectivity index (χ1v) is 8.02. The highest BCUT2D eigenvalue weighted by molar-refractivity contribution is 7.93. The Kier molecular flexibility index (Phi) is 4.04. The summed E-state index contributed by atoms with van der Waals surface area (Å²) in [5.74, 6) is 0. The number of nitrogens with zero attached hydrogens (tertiary/aromatic N) is 3. The van der Waals surface area contributed by atoms with Gasteiger partial charge in [0.25, 0.3) is 15.7 Å². The summed E-state index contributed by atoms with van der Waals surface area (Å²) in [5.41, 5.74) is 4.95. The Morgan fingerprint density at radius 1 is 1.43 bits per heavy atom. The van der Waals surface area contributed by atoms with Crippen LogP contribution in [0.15, 0.2) is 23.1 Å². The van der Waals surface area contributed by atoms with Gasteiger partial charge >= 0.3 is 0 Å². The van der Waals surface area contributed by atoms with Crippen LogP contribution < -0.4 is 10.5 Å². The van der Waals surface area contributed by atoms with E-state index >= 15 is 0 Å². The topological polar surface area (TPSA) is 141 Å². The van der Waals surface area contributed by atoms with E-state index in [-0.39, 0.29) is 10.8 Å². The number of sulfonamides is 1. The summed E-state index contributed by atoms with van der Waals surface area (Å²) in [6, 6.07) is 3.35. The maximum absolute atomic E-state index is 12.2. The molecule has 0 aliphatic carbocycles. The van der Waals surface area contributed by atoms with Crippen molar-refractivity contribution >= 4 is 37.9 Å². The highest BCUT2D eigenvalue weighted by Crippen LogP contribution is 2.28. The Morgan fingerprint density at radius 2 is 2.14 bits per heavy atom. The fraction of sp³-hybridized carbons (Fsp3) is 0.200. The van der Waals surface area contributed by atoms with Crippen molar-refractivity contribution < 1.29 is 13.3 Å². The Balaban J connectivity index is 2.42. The summed E-state index contributed by atoms with van der Waals surface area (Å²) in [4.78, 5) is 9.68. The lowest BCUT2D eigenvalue weighted by molar-refractivity contribution is -0.387. The molecule has 3 N–H and O–H groups in total. The molecule has 1 heterocycles. The van der Waals surface area contributed by atoms with Crippen molar-refractivity contribution in [1.29, 1.82) is 0 Å². The van der Waals surface area contributed by atoms with E-state index in [0.29, 0.717) is 11.4 Å². The van der Waals surface area contributed by atoms with Crippen LogP contribution in [0.1, 0.15) is 11.9 Å². The van der Waals surface area contributed by atoms with E-state index in [1.165, 1.54) is 6.07 Å². The molecular weight excluding hydrogens is 318 g/mol. The second kappa shape index (κ2) is 5.61. The van der Waals surface area contributed by atoms with Gasteiger partial charge in [0, 0.05) is 11.8 Å². The normalized spacial score (nSPS) is 11.3. The molecule has 9 nitrogen and oxygen atoms in total. The van der Waals surface area contributed by atoms with Gasteiger partial charge in [0.2, 0.25) is 5.13 Å². The van der Waals surface area contributed by atoms with Crippen molar-refractivity contribution in [2.75, 3.05) is 10.5 Å². The van der Waals surface area contributed by atoms with Gasteiger partial charge in [0.1, 0.15) is 5.01 Å². The van der Waals surface area contributed by atoms with Gasteiger partial charge in [-0.15, -0.1) is 10.2 Å². The second-order valence-electron chi connectivity index (χ2n) is 3.94. The lowest BCUT2D eigenvalue weighted by Gasteiger charge is -2.06. The van der Waals surface area contributed by atoms with Crippen LogP contribution in [0, 0.1) is 10.1 Å². The van der Waals surface area contributed by atoms with Crippen molar-refractivity contribution in [3.8, 4) is 0 Å². The average Bonchev–Trinajstić information content (AvgIpc) is 2.85. The Hall–Kier alpha value is -2.27. The van der Waals surface area contributed by atoms with Gasteiger partial charge in [-0.25, -0.2) is 8.42 Å². The van der Waals surface area contributed by atoms with E-state index in [0.717, 1.165) is 23.5 Å². The first kappa shape index (κ1) is 15.1. The predicted molar refractivity (Wildman–Crippen MR) is 77.6 cm³/mol. The molecule has 0 bridgehead atoms. The van der Waals surface area contributed by atoms with Gasteiger partial charge in [-0.2, -0.15) is 0 Å². The quantitative estimate of drug-likeness (QED) is 0.479. The molecule has 0 amide bonds. The SMILES string of the molecule is CCc1nnc(NS(=O)(=O)c2ccc(N)cc2[N+](=O)[O-])s1. The molecule has 112 valence electrons. The van der Waals surface area contributed by atoms with Gasteiger partial charge in [0.05, 0.1) is 4.92 Å². The lowest BCUT2D eigenvalue weighted by Crippen LogP contribution is -2.14. The second-order valence-corrected chi connectivity index (χ2v) is 6.66. The van der Waals surface area contributed by atoms with Crippen LogP contribution in [0.4, 0.5) is 16.5 Å². The van der Waals surface area contributed by atoms with Crippen LogP contribution >= 0.6 is 11.3 Å². The van der Waals surface area contributed by atoms with Crippen LogP contribution in [0.2, 0.25) is 0 Å². The van der Waals surface area contributed by atoms with Crippen LogP contribution in [0.3, 0.4) is 0 Å². The summed E-state index contributed by atoms with van der Waals surface area (Å²) in [7, 11) is -4.14. The Bertz CT molecular complexity index is 786. The predicted octanol–water partition coefficient (Wildman–Crippen LogP) is 1.39. The van der Waals surface area contributed by atoms with Gasteiger partial charge < -0.3 is 5.73 Å². The van der Waals surface area contributed by atoms with Crippen LogP contribution in [0.25, 0.3) is 0 Å². The number of nitrogen functional groups attached to an aromatic ring is 1. The minimum absolute atomic E-state index is 0.0537. The van der Waals surface area contributed by atoms with Crippen LogP contribution in [-0.2, 0) is 16.4 Å². The van der Waals surface area contributed by atoms with Gasteiger partial charge in [-0.1, -0.05) is 18.3 Å². The highest BCUT2D eigenvalue weighted by Gasteiger charge is 2.27. The molecule has 11 heteroatoms. The van der Waals surface area contributed by atoms with E-state index < -0.39 is 25.5 Å². The van der Waals surface area contributed by atoms with Crippen molar-refractivity contribution in [2.24, 2.45) is 0 Å². The summed E-state index contributed by atoms with van der Waals surface area (Å²) < 4.78 is 26.6. The molecule has 1 aromatic heterocycles. The molecule has 0 saturated carbocycles. The van der Waals surface area contributed by atoms with E-state index in [1.54, 1.807) is 0 Å². The molecule has 2 rings (SSSR count). The first-order chi connectivity index (χ1) is 9.83. The zero-order chi connectivity index (χ0) is 15.6. The van der Waals surface area contributed by atoms with Crippen LogP contribution in [0.5, 0.6) is 0 Å². The number of aryl methyl sites for hydroxylation is 1. The third-order valence-corrected chi connectivity index (χ3v) is 4.96. The molecule has 2 aromatic rings. The van der Waals surface area contributed by atoms with E-state index in [1.807, 2.05) is 6.92 Å². The maximum atomic E-state index is 12.2.